The molecule has 98 valence electrons. The van der Waals surface area contributed by atoms with Gasteiger partial charge in [0.05, 0.1) is 6.10 Å². The summed E-state index contributed by atoms with van der Waals surface area (Å²) in [6, 6.07) is 5.53. The van der Waals surface area contributed by atoms with Gasteiger partial charge in [-0.1, -0.05) is 30.9 Å². The molecule has 0 bridgehead atoms. The lowest BCUT2D eigenvalue weighted by atomic mass is 9.81. The van der Waals surface area contributed by atoms with Crippen LogP contribution in [0.3, 0.4) is 0 Å². The van der Waals surface area contributed by atoms with Gasteiger partial charge in [0.25, 0.3) is 0 Å². The van der Waals surface area contributed by atoms with Crippen molar-refractivity contribution in [1.29, 1.82) is 0 Å². The fourth-order valence-corrected chi connectivity index (χ4v) is 3.42. The van der Waals surface area contributed by atoms with E-state index in [9.17, 15) is 5.11 Å². The Morgan fingerprint density at radius 3 is 2.72 bits per heavy atom. The first-order valence-electron chi connectivity index (χ1n) is 6.88. The maximum Gasteiger partial charge on any atom is 0.125 e. The number of benzene rings is 1. The van der Waals surface area contributed by atoms with Gasteiger partial charge in [0.2, 0.25) is 0 Å². The molecule has 0 radical (unpaired) electrons. The van der Waals surface area contributed by atoms with Crippen LogP contribution in [-0.2, 0) is 0 Å². The van der Waals surface area contributed by atoms with Crippen molar-refractivity contribution in [3.8, 4) is 5.75 Å². The Balaban J connectivity index is 1.80. The molecular weight excluding hydrogens is 248 g/mol. The Bertz CT molecular complexity index is 427. The number of rotatable bonds is 1. The largest absolute Gasteiger partial charge is 0.490 e. The highest BCUT2D eigenvalue weighted by Crippen LogP contribution is 2.41. The van der Waals surface area contributed by atoms with Crippen molar-refractivity contribution in [3.63, 3.8) is 0 Å². The van der Waals surface area contributed by atoms with E-state index in [1.165, 1.54) is 32.1 Å². The number of halogens is 1. The summed E-state index contributed by atoms with van der Waals surface area (Å²) >= 11 is 5.96. The molecule has 0 saturated heterocycles. The molecule has 1 aromatic carbocycles. The first kappa shape index (κ1) is 12.3. The van der Waals surface area contributed by atoms with Gasteiger partial charge in [-0.25, -0.2) is 0 Å². The molecular formula is C15H19ClO2. The molecule has 0 spiro atoms. The Morgan fingerprint density at radius 2 is 1.94 bits per heavy atom. The molecule has 3 heteroatoms. The maximum absolute atomic E-state index is 10.2. The minimum Gasteiger partial charge on any atom is -0.490 e. The van der Waals surface area contributed by atoms with Gasteiger partial charge in [-0.3, -0.25) is 0 Å². The van der Waals surface area contributed by atoms with E-state index in [0.717, 1.165) is 11.3 Å². The van der Waals surface area contributed by atoms with Crippen LogP contribution in [0.4, 0.5) is 0 Å². The lowest BCUT2D eigenvalue weighted by Gasteiger charge is -2.36. The zero-order valence-corrected chi connectivity index (χ0v) is 11.2. The summed E-state index contributed by atoms with van der Waals surface area (Å²) in [5.41, 5.74) is 0.842. The van der Waals surface area contributed by atoms with Crippen molar-refractivity contribution in [2.45, 2.75) is 50.7 Å². The van der Waals surface area contributed by atoms with Gasteiger partial charge < -0.3 is 9.84 Å². The van der Waals surface area contributed by atoms with E-state index in [4.69, 9.17) is 16.3 Å². The third kappa shape index (κ3) is 2.36. The van der Waals surface area contributed by atoms with E-state index in [2.05, 4.69) is 0 Å². The van der Waals surface area contributed by atoms with Gasteiger partial charge in [0.1, 0.15) is 11.9 Å². The number of ether oxygens (including phenoxy) is 1. The fourth-order valence-electron chi connectivity index (χ4n) is 3.24. The first-order valence-corrected chi connectivity index (χ1v) is 7.26. The van der Waals surface area contributed by atoms with Crippen LogP contribution in [0.1, 0.15) is 50.2 Å². The molecule has 2 nitrogen and oxygen atoms in total. The van der Waals surface area contributed by atoms with Gasteiger partial charge in [0, 0.05) is 17.0 Å². The van der Waals surface area contributed by atoms with Crippen LogP contribution in [0, 0.1) is 5.92 Å². The van der Waals surface area contributed by atoms with Gasteiger partial charge in [-0.05, 0) is 37.0 Å². The third-order valence-electron chi connectivity index (χ3n) is 4.24. The van der Waals surface area contributed by atoms with Crippen molar-refractivity contribution in [2.75, 3.05) is 0 Å². The van der Waals surface area contributed by atoms with Crippen molar-refractivity contribution < 1.29 is 9.84 Å². The van der Waals surface area contributed by atoms with Crippen molar-refractivity contribution in [2.24, 2.45) is 5.92 Å². The summed E-state index contributed by atoms with van der Waals surface area (Å²) in [5.74, 6) is 1.42. The van der Waals surface area contributed by atoms with Crippen molar-refractivity contribution in [3.05, 3.63) is 28.8 Å². The molecule has 1 aliphatic heterocycles. The summed E-state index contributed by atoms with van der Waals surface area (Å²) in [7, 11) is 0. The Hall–Kier alpha value is -0.730. The Morgan fingerprint density at radius 1 is 1.17 bits per heavy atom. The van der Waals surface area contributed by atoms with Gasteiger partial charge in [0.15, 0.2) is 0 Å². The molecule has 1 fully saturated rings. The number of hydrogen-bond donors (Lipinski definition) is 1. The highest BCUT2D eigenvalue weighted by atomic mass is 35.5. The first-order chi connectivity index (χ1) is 8.74. The van der Waals surface area contributed by atoms with Gasteiger partial charge in [-0.2, -0.15) is 0 Å². The smallest absolute Gasteiger partial charge is 0.125 e. The molecule has 1 N–H and O–H groups in total. The van der Waals surface area contributed by atoms with Crippen LogP contribution >= 0.6 is 11.6 Å². The normalized spacial score (nSPS) is 28.6. The fraction of sp³-hybridized carbons (Fsp3) is 0.600. The molecule has 2 atom stereocenters. The summed E-state index contributed by atoms with van der Waals surface area (Å²) in [4.78, 5) is 0. The standard InChI is InChI=1S/C15H19ClO2/c16-11-6-7-14-12(8-11)13(17)9-15(18-14)10-4-2-1-3-5-10/h6-8,10,13,15,17H,1-5,9H2/t13-,15?/m1/s1. The molecule has 2 aliphatic rings. The average molecular weight is 267 g/mol. The van der Waals surface area contributed by atoms with Crippen molar-refractivity contribution in [1.82, 2.24) is 0 Å². The highest BCUT2D eigenvalue weighted by molar-refractivity contribution is 6.30. The average Bonchev–Trinajstić information content (AvgIpc) is 2.40. The van der Waals surface area contributed by atoms with E-state index in [1.807, 2.05) is 18.2 Å². The Labute approximate surface area is 113 Å². The minimum absolute atomic E-state index is 0.175. The molecule has 1 aliphatic carbocycles. The van der Waals surface area contributed by atoms with Gasteiger partial charge >= 0.3 is 0 Å². The topological polar surface area (TPSA) is 29.5 Å². The van der Waals surface area contributed by atoms with E-state index >= 15 is 0 Å². The molecule has 0 amide bonds. The van der Waals surface area contributed by atoms with E-state index in [0.29, 0.717) is 17.4 Å². The van der Waals surface area contributed by atoms with E-state index < -0.39 is 6.10 Å². The van der Waals surface area contributed by atoms with Crippen LogP contribution in [-0.4, -0.2) is 11.2 Å². The number of aliphatic hydroxyl groups excluding tert-OH is 1. The van der Waals surface area contributed by atoms with Crippen LogP contribution in [0.2, 0.25) is 5.02 Å². The molecule has 18 heavy (non-hydrogen) atoms. The molecule has 1 aromatic rings. The van der Waals surface area contributed by atoms with Crippen LogP contribution in [0.15, 0.2) is 18.2 Å². The Kier molecular flexibility index (Phi) is 3.49. The molecule has 1 saturated carbocycles. The second-order valence-electron chi connectivity index (χ2n) is 5.49. The summed E-state index contributed by atoms with van der Waals surface area (Å²) in [5, 5.41) is 10.9. The van der Waals surface area contributed by atoms with Crippen molar-refractivity contribution >= 4 is 11.6 Å². The van der Waals surface area contributed by atoms with Crippen LogP contribution in [0.5, 0.6) is 5.75 Å². The number of fused-ring (bicyclic) bond motifs is 1. The summed E-state index contributed by atoms with van der Waals surface area (Å²) in [6.07, 6.45) is 6.87. The lowest BCUT2D eigenvalue weighted by molar-refractivity contribution is 0.0234. The number of aliphatic hydroxyl groups is 1. The molecule has 0 aromatic heterocycles. The lowest BCUT2D eigenvalue weighted by Crippen LogP contribution is -2.34. The minimum atomic E-state index is -0.431. The molecule has 3 rings (SSSR count). The monoisotopic (exact) mass is 266 g/mol. The zero-order chi connectivity index (χ0) is 12.5. The second kappa shape index (κ2) is 5.10. The maximum atomic E-state index is 10.2. The quantitative estimate of drug-likeness (QED) is 0.829. The third-order valence-corrected chi connectivity index (χ3v) is 4.48. The van der Waals surface area contributed by atoms with E-state index in [-0.39, 0.29) is 6.10 Å². The van der Waals surface area contributed by atoms with Crippen LogP contribution in [0.25, 0.3) is 0 Å². The predicted molar refractivity (Wildman–Crippen MR) is 72.0 cm³/mol. The van der Waals surface area contributed by atoms with Gasteiger partial charge in [-0.15, -0.1) is 0 Å². The zero-order valence-electron chi connectivity index (χ0n) is 10.4. The SMILES string of the molecule is O[C@@H]1CC(C2CCCCC2)Oc2ccc(Cl)cc21. The highest BCUT2D eigenvalue weighted by Gasteiger charge is 2.33. The summed E-state index contributed by atoms with van der Waals surface area (Å²) in [6.45, 7) is 0. The molecule has 1 unspecified atom stereocenters. The number of hydrogen-bond acceptors (Lipinski definition) is 2. The van der Waals surface area contributed by atoms with Crippen LogP contribution < -0.4 is 4.74 Å². The molecule has 1 heterocycles. The van der Waals surface area contributed by atoms with E-state index in [1.54, 1.807) is 0 Å². The second-order valence-corrected chi connectivity index (χ2v) is 5.92. The summed E-state index contributed by atoms with van der Waals surface area (Å²) < 4.78 is 6.08. The predicted octanol–water partition coefficient (Wildman–Crippen LogP) is 4.10.